The Labute approximate surface area is 147 Å². The lowest BCUT2D eigenvalue weighted by molar-refractivity contribution is 0.173. The molecule has 1 aromatic carbocycles. The fourth-order valence-electron chi connectivity index (χ4n) is 3.70. The Morgan fingerprint density at radius 3 is 2.39 bits per heavy atom. The number of anilines is 1. The smallest absolute Gasteiger partial charge is 0.319 e. The molecule has 1 aliphatic carbocycles. The van der Waals surface area contributed by atoms with Crippen LogP contribution in [-0.4, -0.2) is 36.6 Å². The highest BCUT2D eigenvalue weighted by Crippen LogP contribution is 2.26. The number of likely N-dealkylation sites (tertiary alicyclic amines) is 1. The van der Waals surface area contributed by atoms with Gasteiger partial charge in [0.2, 0.25) is 0 Å². The van der Waals surface area contributed by atoms with Crippen LogP contribution < -0.4 is 10.6 Å². The number of rotatable bonds is 4. The lowest BCUT2D eigenvalue weighted by atomic mass is 10.0. The fraction of sp³-hybridized carbons (Fsp3) is 0.611. The Kier molecular flexibility index (Phi) is 5.95. The first-order chi connectivity index (χ1) is 11.2. The molecule has 0 radical (unpaired) electrons. The minimum absolute atomic E-state index is 0.0958. The second-order valence-electron chi connectivity index (χ2n) is 6.83. The molecule has 1 heterocycles. The van der Waals surface area contributed by atoms with E-state index in [9.17, 15) is 4.79 Å². The number of piperidine rings is 1. The predicted molar refractivity (Wildman–Crippen MR) is 97.7 cm³/mol. The lowest BCUT2D eigenvalue weighted by Gasteiger charge is -2.33. The number of nitrogens with zero attached hydrogens (tertiary/aromatic N) is 1. The molecule has 0 atom stereocenters. The van der Waals surface area contributed by atoms with Gasteiger partial charge < -0.3 is 15.5 Å². The molecular weight excluding hydrogens is 354 g/mol. The van der Waals surface area contributed by atoms with Gasteiger partial charge >= 0.3 is 6.03 Å². The normalized spacial score (nSPS) is 20.6. The average molecular weight is 380 g/mol. The van der Waals surface area contributed by atoms with E-state index < -0.39 is 0 Å². The van der Waals surface area contributed by atoms with Crippen LogP contribution in [-0.2, 0) is 0 Å². The van der Waals surface area contributed by atoms with Crippen molar-refractivity contribution in [1.82, 2.24) is 10.2 Å². The summed E-state index contributed by atoms with van der Waals surface area (Å²) in [4.78, 5) is 14.7. The molecule has 1 aliphatic heterocycles. The van der Waals surface area contributed by atoms with Gasteiger partial charge in [0.15, 0.2) is 0 Å². The third-order valence-corrected chi connectivity index (χ3v) is 5.54. The van der Waals surface area contributed by atoms with Gasteiger partial charge in [-0.2, -0.15) is 0 Å². The van der Waals surface area contributed by atoms with Crippen LogP contribution in [0.2, 0.25) is 0 Å². The number of carbonyl (C=O) groups is 1. The van der Waals surface area contributed by atoms with Gasteiger partial charge in [-0.3, -0.25) is 0 Å². The van der Waals surface area contributed by atoms with E-state index in [1.807, 2.05) is 24.3 Å². The lowest BCUT2D eigenvalue weighted by Crippen LogP contribution is -2.46. The zero-order chi connectivity index (χ0) is 16.1. The van der Waals surface area contributed by atoms with Crippen molar-refractivity contribution < 1.29 is 4.79 Å². The summed E-state index contributed by atoms with van der Waals surface area (Å²) in [5.41, 5.74) is 0.823. The molecular formula is C18H26BrN3O. The Bertz CT molecular complexity index is 506. The van der Waals surface area contributed by atoms with E-state index in [1.54, 1.807) is 0 Å². The van der Waals surface area contributed by atoms with Crippen LogP contribution in [0.1, 0.15) is 38.5 Å². The Morgan fingerprint density at radius 2 is 1.74 bits per heavy atom. The van der Waals surface area contributed by atoms with Gasteiger partial charge in [0, 0.05) is 35.8 Å². The third kappa shape index (κ3) is 5.21. The number of nitrogens with one attached hydrogen (secondary N) is 2. The van der Waals surface area contributed by atoms with Crippen molar-refractivity contribution in [1.29, 1.82) is 0 Å². The molecule has 2 aliphatic rings. The number of benzene rings is 1. The molecule has 2 fully saturated rings. The van der Waals surface area contributed by atoms with Crippen molar-refractivity contribution in [3.05, 3.63) is 28.7 Å². The maximum atomic E-state index is 12.1. The number of urea groups is 1. The predicted octanol–water partition coefficient (Wildman–Crippen LogP) is 4.23. The zero-order valence-electron chi connectivity index (χ0n) is 13.6. The van der Waals surface area contributed by atoms with E-state index in [-0.39, 0.29) is 6.03 Å². The topological polar surface area (TPSA) is 44.4 Å². The summed E-state index contributed by atoms with van der Waals surface area (Å²) >= 11 is 3.39. The summed E-state index contributed by atoms with van der Waals surface area (Å²) in [5, 5.41) is 6.01. The largest absolute Gasteiger partial charge is 0.335 e. The standard InChI is InChI=1S/C18H26BrN3O/c19-15-5-7-16(8-6-15)20-18(23)21-17-9-11-22(12-10-17)13-14-3-1-2-4-14/h5-8,14,17H,1-4,9-13H2,(H2,20,21,23). The monoisotopic (exact) mass is 379 g/mol. The van der Waals surface area contributed by atoms with Crippen molar-refractivity contribution >= 4 is 27.6 Å². The number of hydrogen-bond acceptors (Lipinski definition) is 2. The van der Waals surface area contributed by atoms with Crippen LogP contribution in [0.15, 0.2) is 28.7 Å². The van der Waals surface area contributed by atoms with Crippen LogP contribution in [0.3, 0.4) is 0 Å². The van der Waals surface area contributed by atoms with Gasteiger partial charge in [-0.25, -0.2) is 4.79 Å². The highest BCUT2D eigenvalue weighted by Gasteiger charge is 2.24. The van der Waals surface area contributed by atoms with E-state index >= 15 is 0 Å². The minimum Gasteiger partial charge on any atom is -0.335 e. The Balaban J connectivity index is 1.37. The van der Waals surface area contributed by atoms with Crippen LogP contribution in [0, 0.1) is 5.92 Å². The molecule has 0 spiro atoms. The van der Waals surface area contributed by atoms with Crippen molar-refractivity contribution in [3.63, 3.8) is 0 Å². The Morgan fingerprint density at radius 1 is 1.09 bits per heavy atom. The van der Waals surface area contributed by atoms with Gasteiger partial charge in [-0.1, -0.05) is 28.8 Å². The molecule has 5 heteroatoms. The summed E-state index contributed by atoms with van der Waals surface area (Å²) in [7, 11) is 0. The molecule has 1 aromatic rings. The summed E-state index contributed by atoms with van der Waals surface area (Å²) in [6.07, 6.45) is 7.76. The molecule has 1 saturated heterocycles. The van der Waals surface area contributed by atoms with E-state index in [0.29, 0.717) is 6.04 Å². The van der Waals surface area contributed by atoms with Crippen LogP contribution in [0.25, 0.3) is 0 Å². The van der Waals surface area contributed by atoms with Gasteiger partial charge in [0.25, 0.3) is 0 Å². The molecule has 2 amide bonds. The molecule has 3 rings (SSSR count). The Hall–Kier alpha value is -1.07. The molecule has 0 aromatic heterocycles. The third-order valence-electron chi connectivity index (χ3n) is 5.02. The maximum Gasteiger partial charge on any atom is 0.319 e. The fourth-order valence-corrected chi connectivity index (χ4v) is 3.97. The summed E-state index contributed by atoms with van der Waals surface area (Å²) in [6, 6.07) is 7.85. The van der Waals surface area contributed by atoms with E-state index in [0.717, 1.165) is 42.0 Å². The molecule has 1 saturated carbocycles. The second kappa shape index (κ2) is 8.15. The molecule has 0 bridgehead atoms. The van der Waals surface area contributed by atoms with Crippen LogP contribution >= 0.6 is 15.9 Å². The summed E-state index contributed by atoms with van der Waals surface area (Å²) < 4.78 is 1.01. The quantitative estimate of drug-likeness (QED) is 0.821. The average Bonchev–Trinajstić information content (AvgIpc) is 3.04. The van der Waals surface area contributed by atoms with Crippen LogP contribution in [0.5, 0.6) is 0 Å². The van der Waals surface area contributed by atoms with E-state index in [1.165, 1.54) is 32.2 Å². The SMILES string of the molecule is O=C(Nc1ccc(Br)cc1)NC1CCN(CC2CCCC2)CC1. The molecule has 4 nitrogen and oxygen atoms in total. The maximum absolute atomic E-state index is 12.1. The first-order valence-corrected chi connectivity index (χ1v) is 9.54. The van der Waals surface area contributed by atoms with E-state index in [4.69, 9.17) is 0 Å². The van der Waals surface area contributed by atoms with Crippen molar-refractivity contribution in [3.8, 4) is 0 Å². The first-order valence-electron chi connectivity index (χ1n) is 8.74. The molecule has 23 heavy (non-hydrogen) atoms. The number of carbonyl (C=O) groups excluding carboxylic acids is 1. The number of halogens is 1. The highest BCUT2D eigenvalue weighted by atomic mass is 79.9. The highest BCUT2D eigenvalue weighted by molar-refractivity contribution is 9.10. The van der Waals surface area contributed by atoms with Gasteiger partial charge in [0.1, 0.15) is 0 Å². The van der Waals surface area contributed by atoms with E-state index in [2.05, 4.69) is 31.5 Å². The van der Waals surface area contributed by atoms with Crippen molar-refractivity contribution in [2.75, 3.05) is 25.0 Å². The summed E-state index contributed by atoms with van der Waals surface area (Å²) in [5.74, 6) is 0.917. The minimum atomic E-state index is -0.0958. The van der Waals surface area contributed by atoms with Crippen molar-refractivity contribution in [2.24, 2.45) is 5.92 Å². The molecule has 126 valence electrons. The van der Waals surface area contributed by atoms with Gasteiger partial charge in [-0.15, -0.1) is 0 Å². The molecule has 0 unspecified atom stereocenters. The molecule has 2 N–H and O–H groups in total. The van der Waals surface area contributed by atoms with Gasteiger partial charge in [-0.05, 0) is 55.9 Å². The van der Waals surface area contributed by atoms with Crippen LogP contribution in [0.4, 0.5) is 10.5 Å². The van der Waals surface area contributed by atoms with Gasteiger partial charge in [0.05, 0.1) is 0 Å². The number of hydrogen-bond donors (Lipinski definition) is 2. The number of amides is 2. The summed E-state index contributed by atoms with van der Waals surface area (Å²) in [6.45, 7) is 3.48. The second-order valence-corrected chi connectivity index (χ2v) is 7.75. The zero-order valence-corrected chi connectivity index (χ0v) is 15.1. The first kappa shape index (κ1) is 16.8. The van der Waals surface area contributed by atoms with Crippen molar-refractivity contribution in [2.45, 2.75) is 44.6 Å².